The van der Waals surface area contributed by atoms with E-state index in [1.165, 1.54) is 0 Å². The van der Waals surface area contributed by atoms with Gasteiger partial charge in [0.1, 0.15) is 6.61 Å². The molecule has 2 rings (SSSR count). The van der Waals surface area contributed by atoms with Crippen molar-refractivity contribution in [1.29, 1.82) is 0 Å². The number of benzene rings is 1. The second kappa shape index (κ2) is 5.77. The lowest BCUT2D eigenvalue weighted by atomic mass is 9.57. The molecule has 0 aromatic heterocycles. The Kier molecular flexibility index (Phi) is 4.28. The molecule has 2 nitrogen and oxygen atoms in total. The van der Waals surface area contributed by atoms with Gasteiger partial charge in [-0.3, -0.25) is 4.79 Å². The summed E-state index contributed by atoms with van der Waals surface area (Å²) in [4.78, 5) is 12.4. The highest BCUT2D eigenvalue weighted by Crippen LogP contribution is 2.51. The third-order valence-electron chi connectivity index (χ3n) is 4.36. The first-order valence-electron chi connectivity index (χ1n) is 7.26. The third-order valence-corrected chi connectivity index (χ3v) is 4.36. The van der Waals surface area contributed by atoms with Crippen LogP contribution in [0.4, 0.5) is 0 Å². The van der Waals surface area contributed by atoms with Gasteiger partial charge in [-0.1, -0.05) is 51.1 Å². The largest absolute Gasteiger partial charge is 0.460 e. The molecule has 1 fully saturated rings. The molecule has 2 unspecified atom stereocenters. The van der Waals surface area contributed by atoms with E-state index >= 15 is 0 Å². The summed E-state index contributed by atoms with van der Waals surface area (Å²) in [6.07, 6.45) is 3.08. The van der Waals surface area contributed by atoms with E-state index in [0.717, 1.165) is 24.8 Å². The third kappa shape index (κ3) is 2.99. The number of ether oxygens (including phenoxy) is 1. The Bertz CT molecular complexity index is 424. The molecule has 1 aromatic rings. The van der Waals surface area contributed by atoms with Crippen molar-refractivity contribution in [3.8, 4) is 0 Å². The van der Waals surface area contributed by atoms with Crippen molar-refractivity contribution in [3.05, 3.63) is 35.9 Å². The number of hydrogen-bond donors (Lipinski definition) is 0. The molecule has 19 heavy (non-hydrogen) atoms. The Morgan fingerprint density at radius 1 is 1.37 bits per heavy atom. The molecule has 1 aliphatic rings. The maximum absolute atomic E-state index is 12.4. The van der Waals surface area contributed by atoms with Crippen LogP contribution in [0.15, 0.2) is 30.3 Å². The fourth-order valence-corrected chi connectivity index (χ4v) is 3.07. The van der Waals surface area contributed by atoms with Gasteiger partial charge in [0.15, 0.2) is 0 Å². The lowest BCUT2D eigenvalue weighted by Crippen LogP contribution is -2.47. The van der Waals surface area contributed by atoms with Crippen molar-refractivity contribution in [3.63, 3.8) is 0 Å². The predicted octanol–water partition coefficient (Wildman–Crippen LogP) is 4.19. The van der Waals surface area contributed by atoms with Gasteiger partial charge in [-0.2, -0.15) is 0 Å². The Morgan fingerprint density at radius 3 is 2.53 bits per heavy atom. The van der Waals surface area contributed by atoms with Gasteiger partial charge in [-0.05, 0) is 36.7 Å². The lowest BCUT2D eigenvalue weighted by molar-refractivity contribution is -0.171. The first kappa shape index (κ1) is 14.1. The van der Waals surface area contributed by atoms with Crippen molar-refractivity contribution in [2.45, 2.75) is 46.6 Å². The highest BCUT2D eigenvalue weighted by molar-refractivity contribution is 5.78. The molecule has 0 amide bonds. The zero-order valence-corrected chi connectivity index (χ0v) is 12.2. The molecule has 1 aromatic carbocycles. The van der Waals surface area contributed by atoms with Crippen LogP contribution in [0, 0.1) is 17.3 Å². The summed E-state index contributed by atoms with van der Waals surface area (Å²) in [6, 6.07) is 9.90. The second-order valence-corrected chi connectivity index (χ2v) is 6.26. The van der Waals surface area contributed by atoms with E-state index in [1.54, 1.807) is 0 Å². The maximum atomic E-state index is 12.4. The smallest absolute Gasteiger partial charge is 0.312 e. The molecule has 0 N–H and O–H groups in total. The van der Waals surface area contributed by atoms with Crippen molar-refractivity contribution in [2.24, 2.45) is 17.3 Å². The summed E-state index contributed by atoms with van der Waals surface area (Å²) in [5, 5.41) is 0. The lowest BCUT2D eigenvalue weighted by Gasteiger charge is -2.46. The van der Waals surface area contributed by atoms with Gasteiger partial charge in [-0.15, -0.1) is 0 Å². The van der Waals surface area contributed by atoms with Gasteiger partial charge in [0, 0.05) is 0 Å². The van der Waals surface area contributed by atoms with Gasteiger partial charge in [-0.25, -0.2) is 0 Å². The second-order valence-electron chi connectivity index (χ2n) is 6.26. The van der Waals surface area contributed by atoms with Crippen molar-refractivity contribution < 1.29 is 9.53 Å². The van der Waals surface area contributed by atoms with E-state index < -0.39 is 0 Å². The van der Waals surface area contributed by atoms with Crippen LogP contribution in [-0.4, -0.2) is 5.97 Å². The minimum Gasteiger partial charge on any atom is -0.460 e. The molecule has 1 saturated carbocycles. The fraction of sp³-hybridized carbons (Fsp3) is 0.588. The summed E-state index contributed by atoms with van der Waals surface area (Å²) >= 11 is 0. The molecule has 2 heteroatoms. The number of hydrogen-bond acceptors (Lipinski definition) is 2. The van der Waals surface area contributed by atoms with Crippen LogP contribution in [0.3, 0.4) is 0 Å². The first-order valence-corrected chi connectivity index (χ1v) is 7.26. The Morgan fingerprint density at radius 2 is 2.05 bits per heavy atom. The molecule has 0 radical (unpaired) electrons. The maximum Gasteiger partial charge on any atom is 0.312 e. The van der Waals surface area contributed by atoms with Crippen molar-refractivity contribution in [1.82, 2.24) is 0 Å². The monoisotopic (exact) mass is 260 g/mol. The molecule has 0 spiro atoms. The number of rotatable bonds is 5. The number of carbonyl (C=O) groups excluding carboxylic acids is 1. The van der Waals surface area contributed by atoms with Crippen LogP contribution in [0.1, 0.15) is 45.6 Å². The number of esters is 1. The van der Waals surface area contributed by atoms with Crippen LogP contribution in [0.5, 0.6) is 0 Å². The standard InChI is InChI=1S/C17H24O2/c1-13(2)11-17(10-9-14(17)3)16(18)19-12-15-7-5-4-6-8-15/h4-8,13-14H,9-12H2,1-3H3. The molecular formula is C17H24O2. The Balaban J connectivity index is 1.97. The average Bonchev–Trinajstić information content (AvgIpc) is 2.41. The zero-order valence-electron chi connectivity index (χ0n) is 12.2. The Labute approximate surface area is 116 Å². The van der Waals surface area contributed by atoms with Gasteiger partial charge in [0.05, 0.1) is 5.41 Å². The minimum absolute atomic E-state index is 0.00352. The molecule has 0 aliphatic heterocycles. The van der Waals surface area contributed by atoms with E-state index in [-0.39, 0.29) is 11.4 Å². The first-order chi connectivity index (χ1) is 9.04. The normalized spacial score (nSPS) is 26.0. The molecule has 0 bridgehead atoms. The van der Waals surface area contributed by atoms with Crippen LogP contribution >= 0.6 is 0 Å². The van der Waals surface area contributed by atoms with E-state index in [4.69, 9.17) is 4.74 Å². The topological polar surface area (TPSA) is 26.3 Å². The summed E-state index contributed by atoms with van der Waals surface area (Å²) < 4.78 is 5.57. The van der Waals surface area contributed by atoms with Gasteiger partial charge in [0.25, 0.3) is 0 Å². The van der Waals surface area contributed by atoms with Gasteiger partial charge < -0.3 is 4.74 Å². The highest BCUT2D eigenvalue weighted by Gasteiger charge is 2.51. The van der Waals surface area contributed by atoms with Crippen molar-refractivity contribution in [2.75, 3.05) is 0 Å². The van der Waals surface area contributed by atoms with Crippen LogP contribution in [0.25, 0.3) is 0 Å². The van der Waals surface area contributed by atoms with E-state index in [0.29, 0.717) is 18.4 Å². The summed E-state index contributed by atoms with van der Waals surface area (Å²) in [5.74, 6) is 0.994. The van der Waals surface area contributed by atoms with E-state index in [1.807, 2.05) is 30.3 Å². The summed E-state index contributed by atoms with van der Waals surface area (Å²) in [5.41, 5.74) is 0.839. The zero-order chi connectivity index (χ0) is 13.9. The number of carbonyl (C=O) groups is 1. The van der Waals surface area contributed by atoms with Crippen LogP contribution in [0.2, 0.25) is 0 Å². The molecule has 0 heterocycles. The van der Waals surface area contributed by atoms with Crippen LogP contribution in [-0.2, 0) is 16.1 Å². The molecule has 2 atom stereocenters. The van der Waals surface area contributed by atoms with Gasteiger partial charge in [0.2, 0.25) is 0 Å². The molecule has 1 aliphatic carbocycles. The average molecular weight is 260 g/mol. The summed E-state index contributed by atoms with van der Waals surface area (Å²) in [7, 11) is 0. The summed E-state index contributed by atoms with van der Waals surface area (Å²) in [6.45, 7) is 6.93. The molecule has 104 valence electrons. The van der Waals surface area contributed by atoms with Gasteiger partial charge >= 0.3 is 5.97 Å². The minimum atomic E-state index is -0.219. The fourth-order valence-electron chi connectivity index (χ4n) is 3.07. The van der Waals surface area contributed by atoms with Crippen LogP contribution < -0.4 is 0 Å². The van der Waals surface area contributed by atoms with E-state index in [2.05, 4.69) is 20.8 Å². The Hall–Kier alpha value is -1.31. The quantitative estimate of drug-likeness (QED) is 0.742. The predicted molar refractivity (Wildman–Crippen MR) is 76.5 cm³/mol. The molecular weight excluding hydrogens is 236 g/mol. The molecule has 0 saturated heterocycles. The SMILES string of the molecule is CC(C)CC1(C(=O)OCc2ccccc2)CCC1C. The van der Waals surface area contributed by atoms with Crippen molar-refractivity contribution >= 4 is 5.97 Å². The van der Waals surface area contributed by atoms with E-state index in [9.17, 15) is 4.79 Å². The highest BCUT2D eigenvalue weighted by atomic mass is 16.5.